The van der Waals surface area contributed by atoms with Crippen LogP contribution in [-0.4, -0.2) is 15.7 Å². The Kier molecular flexibility index (Phi) is 5.17. The lowest BCUT2D eigenvalue weighted by Crippen LogP contribution is -2.12. The molecule has 0 aliphatic carbocycles. The lowest BCUT2D eigenvalue weighted by atomic mass is 10.1. The molecule has 9 heteroatoms. The summed E-state index contributed by atoms with van der Waals surface area (Å²) in [5.74, 6) is -2.11. The van der Waals surface area contributed by atoms with Crippen molar-refractivity contribution in [2.24, 2.45) is 0 Å². The summed E-state index contributed by atoms with van der Waals surface area (Å²) in [4.78, 5) is 12.2. The van der Waals surface area contributed by atoms with E-state index in [2.05, 4.69) is 10.4 Å². The fraction of sp³-hybridized carbons (Fsp3) is 0.158. The quantitative estimate of drug-likeness (QED) is 0.624. The van der Waals surface area contributed by atoms with Gasteiger partial charge in [0.2, 0.25) is 0 Å². The first-order valence-electron chi connectivity index (χ1n) is 8.21. The number of aryl methyl sites for hydroxylation is 1. The van der Waals surface area contributed by atoms with Crippen LogP contribution < -0.4 is 5.32 Å². The van der Waals surface area contributed by atoms with Crippen LogP contribution in [0.2, 0.25) is 0 Å². The van der Waals surface area contributed by atoms with Gasteiger partial charge in [-0.05, 0) is 49.4 Å². The molecule has 0 fully saturated rings. The van der Waals surface area contributed by atoms with Gasteiger partial charge in [0.15, 0.2) is 5.69 Å². The van der Waals surface area contributed by atoms with E-state index in [0.29, 0.717) is 0 Å². The maximum Gasteiger partial charge on any atom is 0.435 e. The van der Waals surface area contributed by atoms with Gasteiger partial charge in [0.1, 0.15) is 11.6 Å². The molecule has 4 nitrogen and oxygen atoms in total. The molecule has 0 aliphatic heterocycles. The van der Waals surface area contributed by atoms with Crippen LogP contribution in [0, 0.1) is 11.6 Å². The highest BCUT2D eigenvalue weighted by Crippen LogP contribution is 2.33. The highest BCUT2D eigenvalue weighted by molar-refractivity contribution is 6.04. The summed E-state index contributed by atoms with van der Waals surface area (Å²) in [6, 6.07) is 9.31. The summed E-state index contributed by atoms with van der Waals surface area (Å²) in [7, 11) is 0. The molecule has 28 heavy (non-hydrogen) atoms. The fourth-order valence-electron chi connectivity index (χ4n) is 2.65. The number of nitrogens with zero attached hydrogens (tertiary/aromatic N) is 2. The number of amides is 1. The van der Waals surface area contributed by atoms with E-state index < -0.39 is 29.4 Å². The minimum atomic E-state index is -4.66. The summed E-state index contributed by atoms with van der Waals surface area (Å²) in [6.07, 6.45) is -4.66. The number of alkyl halides is 3. The Hall–Kier alpha value is -3.23. The van der Waals surface area contributed by atoms with Crippen molar-refractivity contribution in [3.8, 4) is 11.3 Å². The molecule has 3 rings (SSSR count). The van der Waals surface area contributed by atoms with Crippen molar-refractivity contribution in [1.82, 2.24) is 9.78 Å². The molecule has 146 valence electrons. The Morgan fingerprint density at radius 1 is 1.11 bits per heavy atom. The van der Waals surface area contributed by atoms with E-state index in [0.717, 1.165) is 22.9 Å². The van der Waals surface area contributed by atoms with E-state index >= 15 is 0 Å². The molecule has 0 aliphatic rings. The normalized spacial score (nSPS) is 11.5. The van der Waals surface area contributed by atoms with Gasteiger partial charge in [0.25, 0.3) is 5.91 Å². The third kappa shape index (κ3) is 4.03. The molecule has 0 saturated carbocycles. The second-order valence-corrected chi connectivity index (χ2v) is 5.89. The Morgan fingerprint density at radius 3 is 2.46 bits per heavy atom. The Labute approximate surface area is 156 Å². The smallest absolute Gasteiger partial charge is 0.322 e. The van der Waals surface area contributed by atoms with E-state index in [1.165, 1.54) is 30.3 Å². The molecule has 1 aromatic heterocycles. The van der Waals surface area contributed by atoms with Gasteiger partial charge in [-0.1, -0.05) is 6.07 Å². The number of aromatic nitrogens is 2. The van der Waals surface area contributed by atoms with E-state index in [-0.39, 0.29) is 29.1 Å². The number of anilines is 1. The predicted octanol–water partition coefficient (Wildman–Crippen LogP) is 5.12. The number of hydrogen-bond donors (Lipinski definition) is 1. The molecule has 1 amide bonds. The SMILES string of the molecule is CCn1nc(C(F)(F)F)cc1-c1ccc(C(=O)Nc2cccc(F)c2)cc1F. The van der Waals surface area contributed by atoms with Gasteiger partial charge in [-0.25, -0.2) is 8.78 Å². The number of benzene rings is 2. The van der Waals surface area contributed by atoms with Crippen LogP contribution >= 0.6 is 0 Å². The van der Waals surface area contributed by atoms with Crippen molar-refractivity contribution in [3.63, 3.8) is 0 Å². The molecule has 0 unspecified atom stereocenters. The first-order valence-corrected chi connectivity index (χ1v) is 8.21. The average Bonchev–Trinajstić information content (AvgIpc) is 3.06. The van der Waals surface area contributed by atoms with Gasteiger partial charge in [-0.15, -0.1) is 0 Å². The lowest BCUT2D eigenvalue weighted by molar-refractivity contribution is -0.141. The molecular formula is C19H14F5N3O. The average molecular weight is 395 g/mol. The van der Waals surface area contributed by atoms with Crippen LogP contribution in [-0.2, 0) is 12.7 Å². The summed E-state index contributed by atoms with van der Waals surface area (Å²) < 4.78 is 67.4. The maximum absolute atomic E-state index is 14.6. The number of nitrogens with one attached hydrogen (secondary N) is 1. The highest BCUT2D eigenvalue weighted by Gasteiger charge is 2.35. The maximum atomic E-state index is 14.6. The molecule has 0 spiro atoms. The van der Waals surface area contributed by atoms with E-state index in [9.17, 15) is 26.7 Å². The van der Waals surface area contributed by atoms with Crippen LogP contribution in [0.1, 0.15) is 23.0 Å². The second kappa shape index (κ2) is 7.41. The first kappa shape index (κ1) is 19.5. The third-order valence-corrected chi connectivity index (χ3v) is 3.96. The minimum absolute atomic E-state index is 0.0515. The molecule has 0 bridgehead atoms. The number of hydrogen-bond acceptors (Lipinski definition) is 2. The van der Waals surface area contributed by atoms with E-state index in [1.54, 1.807) is 6.92 Å². The number of halogens is 5. The predicted molar refractivity (Wildman–Crippen MR) is 92.7 cm³/mol. The van der Waals surface area contributed by atoms with E-state index in [4.69, 9.17) is 0 Å². The zero-order valence-corrected chi connectivity index (χ0v) is 14.5. The van der Waals surface area contributed by atoms with Crippen molar-refractivity contribution >= 4 is 11.6 Å². The summed E-state index contributed by atoms with van der Waals surface area (Å²) in [6.45, 7) is 1.68. The zero-order chi connectivity index (χ0) is 20.5. The molecule has 0 saturated heterocycles. The van der Waals surface area contributed by atoms with Gasteiger partial charge in [-0.2, -0.15) is 18.3 Å². The number of rotatable bonds is 4. The Morgan fingerprint density at radius 2 is 1.86 bits per heavy atom. The van der Waals surface area contributed by atoms with Gasteiger partial charge in [-0.3, -0.25) is 9.48 Å². The Balaban J connectivity index is 1.91. The van der Waals surface area contributed by atoms with Crippen LogP contribution in [0.3, 0.4) is 0 Å². The fourth-order valence-corrected chi connectivity index (χ4v) is 2.65. The van der Waals surface area contributed by atoms with Gasteiger partial charge in [0.05, 0.1) is 5.69 Å². The summed E-state index contributed by atoms with van der Waals surface area (Å²) in [5, 5.41) is 5.87. The largest absolute Gasteiger partial charge is 0.435 e. The molecule has 2 aromatic carbocycles. The molecule has 1 N–H and O–H groups in total. The van der Waals surface area contributed by atoms with Crippen LogP contribution in [0.4, 0.5) is 27.6 Å². The van der Waals surface area contributed by atoms with Crippen LogP contribution in [0.25, 0.3) is 11.3 Å². The zero-order valence-electron chi connectivity index (χ0n) is 14.5. The van der Waals surface area contributed by atoms with Crippen molar-refractivity contribution in [1.29, 1.82) is 0 Å². The van der Waals surface area contributed by atoms with Crippen LogP contribution in [0.15, 0.2) is 48.5 Å². The van der Waals surface area contributed by atoms with Crippen molar-refractivity contribution in [3.05, 3.63) is 71.4 Å². The third-order valence-electron chi connectivity index (χ3n) is 3.96. The van der Waals surface area contributed by atoms with Crippen molar-refractivity contribution in [2.45, 2.75) is 19.6 Å². The molecule has 0 radical (unpaired) electrons. The van der Waals surface area contributed by atoms with Crippen LogP contribution in [0.5, 0.6) is 0 Å². The lowest BCUT2D eigenvalue weighted by Gasteiger charge is -2.09. The standard InChI is InChI=1S/C19H14F5N3O/c1-2-27-16(10-17(26-27)19(22,23)24)14-7-6-11(8-15(14)21)18(28)25-13-5-3-4-12(20)9-13/h3-10H,2H2,1H3,(H,25,28). The topological polar surface area (TPSA) is 46.9 Å². The molecular weight excluding hydrogens is 381 g/mol. The highest BCUT2D eigenvalue weighted by atomic mass is 19.4. The molecule has 3 aromatic rings. The van der Waals surface area contributed by atoms with Crippen molar-refractivity contribution in [2.75, 3.05) is 5.32 Å². The van der Waals surface area contributed by atoms with E-state index in [1.807, 2.05) is 0 Å². The Bertz CT molecular complexity index is 1030. The summed E-state index contributed by atoms with van der Waals surface area (Å²) in [5.41, 5.74) is -1.18. The van der Waals surface area contributed by atoms with Gasteiger partial charge in [0, 0.05) is 23.4 Å². The van der Waals surface area contributed by atoms with Gasteiger partial charge >= 0.3 is 6.18 Å². The number of carbonyl (C=O) groups excluding carboxylic acids is 1. The molecule has 0 atom stereocenters. The van der Waals surface area contributed by atoms with Crippen molar-refractivity contribution < 1.29 is 26.7 Å². The monoisotopic (exact) mass is 395 g/mol. The van der Waals surface area contributed by atoms with Gasteiger partial charge < -0.3 is 5.32 Å². The second-order valence-electron chi connectivity index (χ2n) is 5.89. The minimum Gasteiger partial charge on any atom is -0.322 e. The number of carbonyl (C=O) groups is 1. The first-order chi connectivity index (χ1) is 13.2. The summed E-state index contributed by atoms with van der Waals surface area (Å²) >= 11 is 0. The molecule has 1 heterocycles.